The molecule has 19 heavy (non-hydrogen) atoms. The van der Waals surface area contributed by atoms with Crippen LogP contribution in [0.1, 0.15) is 23.2 Å². The molecule has 1 aromatic rings. The van der Waals surface area contributed by atoms with Gasteiger partial charge in [0.1, 0.15) is 6.04 Å². The average molecular weight is 270 g/mol. The molecule has 2 rings (SSSR count). The van der Waals surface area contributed by atoms with Gasteiger partial charge in [0.2, 0.25) is 5.95 Å². The zero-order chi connectivity index (χ0) is 14.0. The van der Waals surface area contributed by atoms with Crippen molar-refractivity contribution in [2.24, 2.45) is 0 Å². The second kappa shape index (κ2) is 5.29. The Labute approximate surface area is 108 Å². The number of likely N-dealkylation sites (tertiary alicyclic amines) is 1. The summed E-state index contributed by atoms with van der Waals surface area (Å²) in [4.78, 5) is 28.0. The summed E-state index contributed by atoms with van der Waals surface area (Å²) in [5.41, 5.74) is -0.427. The van der Waals surface area contributed by atoms with Gasteiger partial charge in [0.05, 0.1) is 12.7 Å². The van der Waals surface area contributed by atoms with E-state index in [2.05, 4.69) is 9.72 Å². The molecular formula is C12H12F2N2O3. The number of rotatable bonds is 2. The molecule has 0 bridgehead atoms. The van der Waals surface area contributed by atoms with Crippen LogP contribution in [0.4, 0.5) is 8.78 Å². The summed E-state index contributed by atoms with van der Waals surface area (Å²) in [6.45, 7) is 0.308. The van der Waals surface area contributed by atoms with E-state index in [-0.39, 0.29) is 0 Å². The first-order valence-corrected chi connectivity index (χ1v) is 5.75. The van der Waals surface area contributed by atoms with E-state index in [9.17, 15) is 18.4 Å². The van der Waals surface area contributed by atoms with Crippen LogP contribution in [0.25, 0.3) is 0 Å². The predicted octanol–water partition coefficient (Wildman–Crippen LogP) is 1.14. The topological polar surface area (TPSA) is 59.5 Å². The SMILES string of the molecule is COC(=O)C1CCCN1C(=O)c1ccnc(F)c1F. The zero-order valence-electron chi connectivity index (χ0n) is 10.2. The van der Waals surface area contributed by atoms with Gasteiger partial charge in [-0.3, -0.25) is 4.79 Å². The van der Waals surface area contributed by atoms with E-state index in [1.807, 2.05) is 0 Å². The summed E-state index contributed by atoms with van der Waals surface area (Å²) in [6, 6.07) is 0.348. The minimum absolute atomic E-state index is 0.308. The molecule has 2 heterocycles. The third kappa shape index (κ3) is 2.40. The van der Waals surface area contributed by atoms with Crippen LogP contribution < -0.4 is 0 Å². The standard InChI is InChI=1S/C12H12F2N2O3/c1-19-12(18)8-3-2-6-16(8)11(17)7-4-5-15-10(14)9(7)13/h4-5,8H,2-3,6H2,1H3. The fourth-order valence-corrected chi connectivity index (χ4v) is 2.13. The lowest BCUT2D eigenvalue weighted by molar-refractivity contribution is -0.145. The van der Waals surface area contributed by atoms with Crippen molar-refractivity contribution in [1.82, 2.24) is 9.88 Å². The Hall–Kier alpha value is -2.05. The van der Waals surface area contributed by atoms with Crippen molar-refractivity contribution in [3.63, 3.8) is 0 Å². The van der Waals surface area contributed by atoms with Crippen molar-refractivity contribution in [1.29, 1.82) is 0 Å². The maximum atomic E-state index is 13.5. The van der Waals surface area contributed by atoms with Gasteiger partial charge in [-0.15, -0.1) is 0 Å². The van der Waals surface area contributed by atoms with E-state index in [0.717, 1.165) is 12.3 Å². The Bertz CT molecular complexity index is 522. The molecule has 1 saturated heterocycles. The Kier molecular flexibility index (Phi) is 3.73. The largest absolute Gasteiger partial charge is 0.467 e. The van der Waals surface area contributed by atoms with Crippen LogP contribution in [0.5, 0.6) is 0 Å². The molecule has 1 aliphatic heterocycles. The minimum Gasteiger partial charge on any atom is -0.467 e. The Balaban J connectivity index is 2.28. The van der Waals surface area contributed by atoms with E-state index in [0.29, 0.717) is 19.4 Å². The molecule has 1 fully saturated rings. The lowest BCUT2D eigenvalue weighted by Crippen LogP contribution is -2.41. The van der Waals surface area contributed by atoms with Gasteiger partial charge >= 0.3 is 5.97 Å². The molecule has 0 N–H and O–H groups in total. The van der Waals surface area contributed by atoms with E-state index >= 15 is 0 Å². The van der Waals surface area contributed by atoms with Crippen LogP contribution in [0.3, 0.4) is 0 Å². The Morgan fingerprint density at radius 3 is 2.89 bits per heavy atom. The van der Waals surface area contributed by atoms with E-state index in [1.165, 1.54) is 12.0 Å². The van der Waals surface area contributed by atoms with Gasteiger partial charge in [-0.05, 0) is 18.9 Å². The number of ether oxygens (including phenoxy) is 1. The molecule has 1 unspecified atom stereocenters. The van der Waals surface area contributed by atoms with Crippen molar-refractivity contribution in [3.8, 4) is 0 Å². The monoisotopic (exact) mass is 270 g/mol. The second-order valence-electron chi connectivity index (χ2n) is 4.14. The molecule has 0 aliphatic carbocycles. The molecule has 1 atom stereocenters. The number of esters is 1. The molecule has 102 valence electrons. The van der Waals surface area contributed by atoms with Gasteiger partial charge in [0, 0.05) is 12.7 Å². The van der Waals surface area contributed by atoms with Crippen LogP contribution in [-0.2, 0) is 9.53 Å². The fraction of sp³-hybridized carbons (Fsp3) is 0.417. The molecule has 0 spiro atoms. The third-order valence-corrected chi connectivity index (χ3v) is 3.06. The first-order chi connectivity index (χ1) is 9.06. The predicted molar refractivity (Wildman–Crippen MR) is 60.2 cm³/mol. The number of hydrogen-bond acceptors (Lipinski definition) is 4. The summed E-state index contributed by atoms with van der Waals surface area (Å²) in [5.74, 6) is -3.92. The lowest BCUT2D eigenvalue weighted by atomic mass is 10.2. The van der Waals surface area contributed by atoms with Gasteiger partial charge in [0.15, 0.2) is 5.82 Å². The molecule has 1 aromatic heterocycles. The number of pyridine rings is 1. The number of halogens is 2. The van der Waals surface area contributed by atoms with Gasteiger partial charge in [-0.2, -0.15) is 4.39 Å². The maximum absolute atomic E-state index is 13.5. The summed E-state index contributed by atoms with van der Waals surface area (Å²) in [5, 5.41) is 0. The highest BCUT2D eigenvalue weighted by atomic mass is 19.2. The number of aromatic nitrogens is 1. The molecule has 5 nitrogen and oxygen atoms in total. The van der Waals surface area contributed by atoms with Gasteiger partial charge in [0.25, 0.3) is 5.91 Å². The smallest absolute Gasteiger partial charge is 0.328 e. The Morgan fingerprint density at radius 1 is 1.47 bits per heavy atom. The third-order valence-electron chi connectivity index (χ3n) is 3.06. The van der Waals surface area contributed by atoms with Crippen LogP contribution >= 0.6 is 0 Å². The summed E-state index contributed by atoms with van der Waals surface area (Å²) in [6.07, 6.45) is 2.07. The van der Waals surface area contributed by atoms with Gasteiger partial charge in [-0.1, -0.05) is 0 Å². The van der Waals surface area contributed by atoms with Crippen molar-refractivity contribution in [2.75, 3.05) is 13.7 Å². The summed E-state index contributed by atoms with van der Waals surface area (Å²) < 4.78 is 31.1. The number of carbonyl (C=O) groups is 2. The van der Waals surface area contributed by atoms with Crippen molar-refractivity contribution >= 4 is 11.9 Å². The minimum atomic E-state index is -1.33. The number of nitrogens with zero attached hydrogens (tertiary/aromatic N) is 2. The number of hydrogen-bond donors (Lipinski definition) is 0. The van der Waals surface area contributed by atoms with Gasteiger partial charge < -0.3 is 9.64 Å². The van der Waals surface area contributed by atoms with Crippen LogP contribution in [0.2, 0.25) is 0 Å². The summed E-state index contributed by atoms with van der Waals surface area (Å²) in [7, 11) is 1.22. The van der Waals surface area contributed by atoms with E-state index < -0.39 is 35.2 Å². The first-order valence-electron chi connectivity index (χ1n) is 5.75. The highest BCUT2D eigenvalue weighted by Crippen LogP contribution is 2.22. The molecule has 1 amide bonds. The van der Waals surface area contributed by atoms with Crippen molar-refractivity contribution < 1.29 is 23.1 Å². The molecular weight excluding hydrogens is 258 g/mol. The summed E-state index contributed by atoms with van der Waals surface area (Å²) >= 11 is 0. The van der Waals surface area contributed by atoms with Crippen LogP contribution in [-0.4, -0.2) is 41.5 Å². The normalized spacial score (nSPS) is 18.5. The highest BCUT2D eigenvalue weighted by molar-refractivity contribution is 5.97. The number of carbonyl (C=O) groups excluding carboxylic acids is 2. The molecule has 0 radical (unpaired) electrons. The first kappa shape index (κ1) is 13.4. The second-order valence-corrected chi connectivity index (χ2v) is 4.14. The van der Waals surface area contributed by atoms with Crippen LogP contribution in [0.15, 0.2) is 12.3 Å². The molecule has 7 heteroatoms. The average Bonchev–Trinajstić information content (AvgIpc) is 2.89. The van der Waals surface area contributed by atoms with E-state index in [4.69, 9.17) is 0 Å². The van der Waals surface area contributed by atoms with E-state index in [1.54, 1.807) is 0 Å². The molecule has 0 aromatic carbocycles. The zero-order valence-corrected chi connectivity index (χ0v) is 10.2. The highest BCUT2D eigenvalue weighted by Gasteiger charge is 2.36. The Morgan fingerprint density at radius 2 is 2.21 bits per heavy atom. The fourth-order valence-electron chi connectivity index (χ4n) is 2.13. The number of amides is 1. The molecule has 0 saturated carbocycles. The van der Waals surface area contributed by atoms with Crippen LogP contribution in [0, 0.1) is 11.8 Å². The molecule has 1 aliphatic rings. The quantitative estimate of drug-likeness (QED) is 0.597. The maximum Gasteiger partial charge on any atom is 0.328 e. The lowest BCUT2D eigenvalue weighted by Gasteiger charge is -2.22. The van der Waals surface area contributed by atoms with Crippen molar-refractivity contribution in [2.45, 2.75) is 18.9 Å². The van der Waals surface area contributed by atoms with Crippen molar-refractivity contribution in [3.05, 3.63) is 29.6 Å². The number of methoxy groups -OCH3 is 1. The van der Waals surface area contributed by atoms with Gasteiger partial charge in [-0.25, -0.2) is 14.2 Å².